The highest BCUT2D eigenvalue weighted by molar-refractivity contribution is 7.99. The summed E-state index contributed by atoms with van der Waals surface area (Å²) in [5, 5.41) is 0. The lowest BCUT2D eigenvalue weighted by Crippen LogP contribution is -2.17. The molecule has 1 aromatic rings. The minimum absolute atomic E-state index is 0.116. The summed E-state index contributed by atoms with van der Waals surface area (Å²) in [4.78, 5) is 11.3. The van der Waals surface area contributed by atoms with Crippen LogP contribution in [0.25, 0.3) is 0 Å². The SMILES string of the molecule is CCOC(=O)CSCC(C)(C)CCCOCc1ccccc1. The van der Waals surface area contributed by atoms with E-state index in [0.29, 0.717) is 19.0 Å². The second-order valence-electron chi connectivity index (χ2n) is 6.10. The van der Waals surface area contributed by atoms with E-state index < -0.39 is 0 Å². The van der Waals surface area contributed by atoms with Crippen LogP contribution in [0.2, 0.25) is 0 Å². The molecule has 1 rings (SSSR count). The molecule has 0 spiro atoms. The van der Waals surface area contributed by atoms with Gasteiger partial charge in [-0.3, -0.25) is 4.79 Å². The van der Waals surface area contributed by atoms with Crippen LogP contribution in [0.3, 0.4) is 0 Å². The summed E-state index contributed by atoms with van der Waals surface area (Å²) < 4.78 is 10.6. The van der Waals surface area contributed by atoms with Crippen molar-refractivity contribution in [2.24, 2.45) is 5.41 Å². The van der Waals surface area contributed by atoms with Crippen LogP contribution >= 0.6 is 11.8 Å². The molecule has 0 atom stereocenters. The van der Waals surface area contributed by atoms with Crippen LogP contribution in [0.5, 0.6) is 0 Å². The fourth-order valence-corrected chi connectivity index (χ4v) is 3.15. The molecule has 0 aromatic heterocycles. The molecule has 1 aromatic carbocycles. The summed E-state index contributed by atoms with van der Waals surface area (Å²) in [5.74, 6) is 1.29. The molecule has 0 saturated heterocycles. The third kappa shape index (κ3) is 9.11. The fourth-order valence-electron chi connectivity index (χ4n) is 2.10. The van der Waals surface area contributed by atoms with Gasteiger partial charge in [-0.2, -0.15) is 0 Å². The molecule has 0 radical (unpaired) electrons. The van der Waals surface area contributed by atoms with Gasteiger partial charge in [0.15, 0.2) is 0 Å². The first-order valence-electron chi connectivity index (χ1n) is 7.88. The van der Waals surface area contributed by atoms with E-state index in [1.54, 1.807) is 11.8 Å². The van der Waals surface area contributed by atoms with E-state index in [2.05, 4.69) is 26.0 Å². The number of carbonyl (C=O) groups excluding carboxylic acids is 1. The van der Waals surface area contributed by atoms with Gasteiger partial charge in [0.05, 0.1) is 19.0 Å². The topological polar surface area (TPSA) is 35.5 Å². The molecule has 0 aliphatic carbocycles. The van der Waals surface area contributed by atoms with Gasteiger partial charge < -0.3 is 9.47 Å². The number of rotatable bonds is 11. The number of ether oxygens (including phenoxy) is 2. The zero-order valence-corrected chi connectivity index (χ0v) is 14.8. The van der Waals surface area contributed by atoms with Crippen molar-refractivity contribution in [3.63, 3.8) is 0 Å². The Bertz CT molecular complexity index is 418. The average Bonchev–Trinajstić information content (AvgIpc) is 2.48. The molecule has 0 heterocycles. The maximum absolute atomic E-state index is 11.3. The molecule has 124 valence electrons. The van der Waals surface area contributed by atoms with Crippen LogP contribution in [0.1, 0.15) is 39.2 Å². The zero-order valence-electron chi connectivity index (χ0n) is 14.0. The third-order valence-electron chi connectivity index (χ3n) is 3.27. The van der Waals surface area contributed by atoms with Crippen LogP contribution in [-0.4, -0.2) is 30.7 Å². The standard InChI is InChI=1S/C18H28O3S/c1-4-21-17(19)14-22-15-18(2,3)11-8-12-20-13-16-9-6-5-7-10-16/h5-7,9-10H,4,8,11-15H2,1-3H3. The quantitative estimate of drug-likeness (QED) is 0.449. The molecular formula is C18H28O3S. The van der Waals surface area contributed by atoms with E-state index >= 15 is 0 Å². The summed E-state index contributed by atoms with van der Waals surface area (Å²) >= 11 is 1.65. The minimum Gasteiger partial charge on any atom is -0.465 e. The number of hydrogen-bond acceptors (Lipinski definition) is 4. The predicted molar refractivity (Wildman–Crippen MR) is 93.1 cm³/mol. The van der Waals surface area contributed by atoms with E-state index in [0.717, 1.165) is 25.2 Å². The van der Waals surface area contributed by atoms with Gasteiger partial charge in [-0.15, -0.1) is 11.8 Å². The lowest BCUT2D eigenvalue weighted by Gasteiger charge is -2.23. The largest absolute Gasteiger partial charge is 0.465 e. The Kier molecular flexibility index (Phi) is 9.25. The van der Waals surface area contributed by atoms with Gasteiger partial charge >= 0.3 is 5.97 Å². The molecule has 3 nitrogen and oxygen atoms in total. The van der Waals surface area contributed by atoms with Gasteiger partial charge in [0, 0.05) is 6.61 Å². The first kappa shape index (κ1) is 19.0. The molecule has 0 amide bonds. The molecule has 0 aliphatic heterocycles. The lowest BCUT2D eigenvalue weighted by atomic mass is 9.90. The maximum atomic E-state index is 11.3. The van der Waals surface area contributed by atoms with E-state index in [9.17, 15) is 4.79 Å². The van der Waals surface area contributed by atoms with Gasteiger partial charge in [-0.1, -0.05) is 44.2 Å². The predicted octanol–water partition coefficient (Wildman–Crippen LogP) is 4.31. The fraction of sp³-hybridized carbons (Fsp3) is 0.611. The Balaban J connectivity index is 2.08. The average molecular weight is 324 g/mol. The number of carbonyl (C=O) groups is 1. The van der Waals surface area contributed by atoms with Crippen molar-refractivity contribution < 1.29 is 14.3 Å². The van der Waals surface area contributed by atoms with Crippen LogP contribution in [0.15, 0.2) is 30.3 Å². The van der Waals surface area contributed by atoms with Crippen LogP contribution in [0.4, 0.5) is 0 Å². The highest BCUT2D eigenvalue weighted by atomic mass is 32.2. The van der Waals surface area contributed by atoms with Crippen molar-refractivity contribution in [3.8, 4) is 0 Å². The summed E-state index contributed by atoms with van der Waals surface area (Å²) in [5.41, 5.74) is 1.43. The first-order chi connectivity index (χ1) is 10.5. The number of hydrogen-bond donors (Lipinski definition) is 0. The minimum atomic E-state index is -0.116. The monoisotopic (exact) mass is 324 g/mol. The molecule has 0 aliphatic rings. The van der Waals surface area contributed by atoms with Crippen molar-refractivity contribution >= 4 is 17.7 Å². The molecule has 0 saturated carbocycles. The molecule has 0 fully saturated rings. The Morgan fingerprint density at radius 3 is 2.64 bits per heavy atom. The summed E-state index contributed by atoms with van der Waals surface area (Å²) in [6.45, 7) is 8.23. The molecular weight excluding hydrogens is 296 g/mol. The Hall–Kier alpha value is -1.00. The Morgan fingerprint density at radius 2 is 1.95 bits per heavy atom. The van der Waals surface area contributed by atoms with Crippen LogP contribution in [-0.2, 0) is 20.9 Å². The van der Waals surface area contributed by atoms with E-state index in [-0.39, 0.29) is 11.4 Å². The number of benzene rings is 1. The summed E-state index contributed by atoms with van der Waals surface area (Å²) in [7, 11) is 0. The van der Waals surface area contributed by atoms with E-state index in [1.165, 1.54) is 5.56 Å². The smallest absolute Gasteiger partial charge is 0.315 e. The Morgan fingerprint density at radius 1 is 1.23 bits per heavy atom. The van der Waals surface area contributed by atoms with Crippen molar-refractivity contribution in [1.82, 2.24) is 0 Å². The van der Waals surface area contributed by atoms with Crippen molar-refractivity contribution in [2.45, 2.75) is 40.2 Å². The highest BCUT2D eigenvalue weighted by Crippen LogP contribution is 2.27. The number of thioether (sulfide) groups is 1. The molecule has 22 heavy (non-hydrogen) atoms. The van der Waals surface area contributed by atoms with Gasteiger partial charge in [0.2, 0.25) is 0 Å². The maximum Gasteiger partial charge on any atom is 0.315 e. The molecule has 4 heteroatoms. The molecule has 0 unspecified atom stereocenters. The zero-order chi connectivity index (χ0) is 16.3. The third-order valence-corrected chi connectivity index (χ3v) is 4.70. The van der Waals surface area contributed by atoms with E-state index in [1.807, 2.05) is 25.1 Å². The van der Waals surface area contributed by atoms with Gasteiger partial charge in [-0.25, -0.2) is 0 Å². The highest BCUT2D eigenvalue weighted by Gasteiger charge is 2.18. The van der Waals surface area contributed by atoms with E-state index in [4.69, 9.17) is 9.47 Å². The van der Waals surface area contributed by atoms with Gasteiger partial charge in [0.25, 0.3) is 0 Å². The first-order valence-corrected chi connectivity index (χ1v) is 9.04. The van der Waals surface area contributed by atoms with Crippen LogP contribution in [0, 0.1) is 5.41 Å². The summed E-state index contributed by atoms with van der Waals surface area (Å²) in [6, 6.07) is 10.2. The second kappa shape index (κ2) is 10.7. The van der Waals surface area contributed by atoms with Crippen molar-refractivity contribution in [2.75, 3.05) is 24.7 Å². The van der Waals surface area contributed by atoms with Gasteiger partial charge in [0.1, 0.15) is 0 Å². The normalized spacial score (nSPS) is 11.4. The number of esters is 1. The lowest BCUT2D eigenvalue weighted by molar-refractivity contribution is -0.139. The second-order valence-corrected chi connectivity index (χ2v) is 7.09. The Labute approximate surface area is 138 Å². The molecule has 0 bridgehead atoms. The van der Waals surface area contributed by atoms with Gasteiger partial charge in [-0.05, 0) is 36.5 Å². The van der Waals surface area contributed by atoms with Crippen molar-refractivity contribution in [3.05, 3.63) is 35.9 Å². The van der Waals surface area contributed by atoms with Crippen LogP contribution < -0.4 is 0 Å². The summed E-state index contributed by atoms with van der Waals surface area (Å²) in [6.07, 6.45) is 2.14. The van der Waals surface area contributed by atoms with Crippen molar-refractivity contribution in [1.29, 1.82) is 0 Å². The molecule has 0 N–H and O–H groups in total.